The third-order valence-corrected chi connectivity index (χ3v) is 33.4. The van der Waals surface area contributed by atoms with Gasteiger partial charge in [-0.3, -0.25) is 68.0 Å². The number of fused-ring (bicyclic) bond motifs is 6. The average molecular weight is 1920 g/mol. The van der Waals surface area contributed by atoms with E-state index in [9.17, 15) is 63.0 Å². The van der Waals surface area contributed by atoms with Crippen LogP contribution in [0.5, 0.6) is 0 Å². The molecule has 7 atom stereocenters. The fourth-order valence-corrected chi connectivity index (χ4v) is 22.8. The number of ether oxygens (including phenoxy) is 1. The van der Waals surface area contributed by atoms with E-state index in [0.29, 0.717) is 110 Å². The molecule has 0 radical (unpaired) electrons. The molecule has 764 valence electrons. The molecule has 18 aliphatic carbocycles. The Hall–Kier alpha value is -8.59. The molecule has 4 aromatic rings. The topological polar surface area (TPSA) is 451 Å². The Morgan fingerprint density at radius 3 is 1.43 bits per heavy atom. The van der Waals surface area contributed by atoms with Crippen LogP contribution in [0.2, 0.25) is 0 Å². The number of amides is 6. The summed E-state index contributed by atoms with van der Waals surface area (Å²) in [5.41, 5.74) is 24.0. The third kappa shape index (κ3) is 28.1. The van der Waals surface area contributed by atoms with Crippen molar-refractivity contribution in [1.82, 2.24) is 69.9 Å². The first-order valence-electron chi connectivity index (χ1n) is 55.4. The average Bonchev–Trinajstić information content (AvgIpc) is 1.53. The normalized spacial score (nSPS) is 26.4. The lowest BCUT2D eigenvalue weighted by Gasteiger charge is -2.30. The van der Waals surface area contributed by atoms with Crippen molar-refractivity contribution in [3.05, 3.63) is 82.3 Å². The summed E-state index contributed by atoms with van der Waals surface area (Å²) in [4.78, 5) is 144. The molecule has 24 rings (SSSR count). The van der Waals surface area contributed by atoms with Crippen molar-refractivity contribution in [1.29, 1.82) is 0 Å². The van der Waals surface area contributed by atoms with E-state index in [1.54, 1.807) is 0 Å². The highest BCUT2D eigenvalue weighted by Crippen LogP contribution is 2.63. The van der Waals surface area contributed by atoms with Crippen molar-refractivity contribution in [3.63, 3.8) is 0 Å². The summed E-state index contributed by atoms with van der Waals surface area (Å²) in [5, 5.41) is 38.6. The zero-order chi connectivity index (χ0) is 96.7. The highest BCUT2D eigenvalue weighted by atomic mass is 16.6. The van der Waals surface area contributed by atoms with Crippen molar-refractivity contribution in [2.24, 2.45) is 64.3 Å². The van der Waals surface area contributed by atoms with Gasteiger partial charge in [-0.2, -0.15) is 0 Å². The number of aliphatic hydroxyl groups excluding tert-OH is 2. The minimum absolute atomic E-state index is 0.0462. The number of aromatic nitrogens is 8. The number of rotatable bonds is 21. The van der Waals surface area contributed by atoms with Crippen LogP contribution < -0.4 is 65.8 Å². The van der Waals surface area contributed by atoms with Crippen LogP contribution in [0, 0.1) is 52.8 Å². The number of aryl methyl sites for hydroxylation is 3. The molecule has 13 N–H and O–H groups in total. The fraction of sp³-hybridized carbons (Fsp3) is 0.785. The van der Waals surface area contributed by atoms with E-state index in [1.807, 2.05) is 14.0 Å². The molecule has 20 aliphatic rings. The molecule has 15 fully saturated rings. The zero-order valence-corrected chi connectivity index (χ0v) is 83.0. The standard InChI is InChI=1S/C20H28N4O2.C20H26N4O.C14H19NO2.C13H20N4O.C13H22N2O3.C13H20N2O3.C7H15NO.C7H12O/c25-18-17(22-23-19(26)20(10-11-20)14-8-9-14)21-15-4-2-1-3-5-16(15)24(18)12-13-6-7-13;25-18-17-21-22-19(20(10-11-20)14-8-9-14)24(17)16-5-3-1-2-4-15(16)23(18)12-13-6-7-13;16-13-8-11-4-2-1-3-5-12(11)15(14(13)17)9-10-6-7-10;14-16-12-13(18)17(8-9-6-7-9)11-5-3-1-2-4-10(11)15-12;2*16-11-5-3-1-2-4-10(11)15-13(18)12(17)14-8-9-6-7-9;8-6-4-2-1-3-5-7(6)9;1-2-4-6-7(8-6)5-3-1/h13-14H,1-12H2,(H,21,22)(H,23,26);13-14H,1-12H2;10H,1-9H2;9H,1-8,14H2,(H,15,16);9-11,16H,1-8H2,(H,14,17)(H,15,18);9-10H,1-8H2,(H,14,17)(H,15,18);6-7,9H,1-5,8H2;6-7H,1-5H2. The highest BCUT2D eigenvalue weighted by Gasteiger charge is 2.60. The van der Waals surface area contributed by atoms with Crippen LogP contribution >= 0.6 is 0 Å². The molecule has 1 saturated heterocycles. The van der Waals surface area contributed by atoms with Crippen LogP contribution in [0.1, 0.15) is 393 Å². The lowest BCUT2D eigenvalue weighted by Crippen LogP contribution is -2.49. The first kappa shape index (κ1) is 102. The summed E-state index contributed by atoms with van der Waals surface area (Å²) in [7, 11) is 0. The van der Waals surface area contributed by atoms with Gasteiger partial charge >= 0.3 is 23.6 Å². The Labute approximate surface area is 819 Å². The van der Waals surface area contributed by atoms with Gasteiger partial charge in [0.25, 0.3) is 22.6 Å². The van der Waals surface area contributed by atoms with Crippen LogP contribution in [0.4, 0.5) is 11.6 Å². The number of hydrogen-bond acceptors (Lipinski definition) is 22. The number of allylic oxidation sites excluding steroid dienone is 2. The monoisotopic (exact) mass is 1920 g/mol. The molecule has 139 heavy (non-hydrogen) atoms. The Morgan fingerprint density at radius 1 is 0.417 bits per heavy atom. The summed E-state index contributed by atoms with van der Waals surface area (Å²) < 4.78 is 13.6. The minimum atomic E-state index is -0.670. The minimum Gasteiger partial charge on any atom is -0.392 e. The van der Waals surface area contributed by atoms with Gasteiger partial charge in [0.2, 0.25) is 29.0 Å². The van der Waals surface area contributed by atoms with Crippen molar-refractivity contribution >= 4 is 64.3 Å². The molecule has 32 heteroatoms. The number of nitrogens with one attached hydrogen (secondary N) is 7. The molecule has 0 spiro atoms. The number of epoxide rings is 1. The molecule has 14 saturated carbocycles. The maximum atomic E-state index is 13.3. The molecule has 6 amide bonds. The maximum Gasteiger partial charge on any atom is 0.309 e. The maximum absolute atomic E-state index is 13.3. The second-order valence-corrected chi connectivity index (χ2v) is 45.1. The number of hydrazine groups is 2. The molecular formula is C107H162N18O14. The van der Waals surface area contributed by atoms with E-state index in [0.717, 1.165) is 240 Å². The lowest BCUT2D eigenvalue weighted by molar-refractivity contribution is -0.144. The van der Waals surface area contributed by atoms with Crippen LogP contribution in [-0.4, -0.2) is 163 Å². The van der Waals surface area contributed by atoms with Crippen molar-refractivity contribution in [2.45, 2.75) is 459 Å². The predicted molar refractivity (Wildman–Crippen MR) is 529 cm³/mol. The van der Waals surface area contributed by atoms with Gasteiger partial charge < -0.3 is 66.0 Å². The summed E-state index contributed by atoms with van der Waals surface area (Å²) in [6.45, 7) is 4.51. The number of ketones is 2. The Kier molecular flexibility index (Phi) is 35.0. The number of carbonyl (C=O) groups is 8. The van der Waals surface area contributed by atoms with Crippen LogP contribution in [0.15, 0.2) is 25.7 Å². The highest BCUT2D eigenvalue weighted by molar-refractivity contribution is 6.38. The Bertz CT molecular complexity index is 5170. The van der Waals surface area contributed by atoms with Crippen LogP contribution in [0.3, 0.4) is 0 Å². The predicted octanol–water partition coefficient (Wildman–Crippen LogP) is 12.4. The van der Waals surface area contributed by atoms with Gasteiger partial charge in [-0.15, -0.1) is 10.2 Å². The first-order chi connectivity index (χ1) is 67.6. The summed E-state index contributed by atoms with van der Waals surface area (Å²) in [5.74, 6) is 9.46. The van der Waals surface area contributed by atoms with Gasteiger partial charge in [-0.05, 0) is 335 Å². The molecule has 7 unspecified atom stereocenters. The largest absolute Gasteiger partial charge is 0.392 e. The number of nitrogens with zero attached hydrogens (tertiary/aromatic N) is 9. The number of Topliss-reactive ketones (excluding diaryl/α,β-unsaturated/α-hetero) is 2. The zero-order valence-electron chi connectivity index (χ0n) is 83.0. The second kappa shape index (κ2) is 47.7. The molecule has 4 aromatic heterocycles. The molecule has 32 nitrogen and oxygen atoms in total. The van der Waals surface area contributed by atoms with E-state index >= 15 is 0 Å². The SMILES string of the molecule is C1CCC2OC2CC1.NC1CCCCCC1O.NNc1nc2c(n(CC3CC3)c1=O)CCCCC2.O=C(NCC1CC1)C(=O)NC1CCCCCC1=O.O=C(NCC1CC1)C(=O)NC1CCCCCC1O.O=C(NNc1nc2c(n(CC3CC3)c1=O)CCCCC2)C1(C2CC2)CC1.O=C1CC2=C(CCCCC2)N(CC2CC2)C1=O.O=c1c2nnc(C3(C4CC4)CC3)n2c2c(n1CC1CC1)CCCCC2. The van der Waals surface area contributed by atoms with E-state index in [-0.39, 0.29) is 69.1 Å². The first-order valence-corrected chi connectivity index (χ1v) is 55.4. The van der Waals surface area contributed by atoms with E-state index < -0.39 is 35.8 Å². The molecular weight excluding hydrogens is 1760 g/mol. The van der Waals surface area contributed by atoms with Crippen molar-refractivity contribution < 1.29 is 53.3 Å². The quantitative estimate of drug-likeness (QED) is 0.00921. The number of hydrogen-bond donors (Lipinski definition) is 11. The molecule has 0 aromatic carbocycles. The lowest BCUT2D eigenvalue weighted by atomic mass is 9.96. The molecule has 0 bridgehead atoms. The summed E-state index contributed by atoms with van der Waals surface area (Å²) in [6, 6.07) is -0.689. The number of anilines is 2. The fourth-order valence-electron chi connectivity index (χ4n) is 22.8. The van der Waals surface area contributed by atoms with Crippen LogP contribution in [-0.2, 0) is 107 Å². The van der Waals surface area contributed by atoms with Gasteiger partial charge in [-0.1, -0.05) is 96.3 Å². The second-order valence-electron chi connectivity index (χ2n) is 45.1. The smallest absolute Gasteiger partial charge is 0.309 e. The van der Waals surface area contributed by atoms with E-state index in [1.165, 1.54) is 209 Å². The summed E-state index contributed by atoms with van der Waals surface area (Å²) >= 11 is 0. The Morgan fingerprint density at radius 2 is 0.878 bits per heavy atom. The van der Waals surface area contributed by atoms with E-state index in [2.05, 4.69) is 66.7 Å². The molecule has 2 aliphatic heterocycles. The van der Waals surface area contributed by atoms with Crippen molar-refractivity contribution in [2.75, 3.05) is 30.5 Å². The van der Waals surface area contributed by atoms with Gasteiger partial charge in [0, 0.05) is 92.0 Å². The third-order valence-electron chi connectivity index (χ3n) is 33.4. The summed E-state index contributed by atoms with van der Waals surface area (Å²) in [6.07, 6.45) is 68.0. The van der Waals surface area contributed by atoms with Gasteiger partial charge in [0.1, 0.15) is 5.82 Å². The number of nitrogen functional groups attached to an aromatic ring is 1. The molecule has 6 heterocycles. The number of carbonyl (C=O) groups excluding carboxylic acids is 8. The van der Waals surface area contributed by atoms with Gasteiger partial charge in [0.15, 0.2) is 5.78 Å². The van der Waals surface area contributed by atoms with Gasteiger partial charge in [0.05, 0.1) is 53.3 Å². The Balaban J connectivity index is 0.000000112. The van der Waals surface area contributed by atoms with Crippen LogP contribution in [0.25, 0.3) is 5.65 Å². The van der Waals surface area contributed by atoms with E-state index in [4.69, 9.17) is 16.3 Å². The van der Waals surface area contributed by atoms with Gasteiger partial charge in [-0.25, -0.2) is 15.8 Å². The van der Waals surface area contributed by atoms with Crippen molar-refractivity contribution in [3.8, 4) is 0 Å². The number of nitrogens with two attached hydrogens (primary N) is 2. The number of aliphatic hydroxyl groups is 2.